The Morgan fingerprint density at radius 1 is 1.20 bits per heavy atom. The number of aromatic carboxylic acids is 1. The van der Waals surface area contributed by atoms with Crippen molar-refractivity contribution in [1.82, 2.24) is 9.97 Å². The van der Waals surface area contributed by atoms with Crippen LogP contribution in [0, 0.1) is 6.92 Å². The molecule has 0 unspecified atom stereocenters. The molecule has 6 nitrogen and oxygen atoms in total. The summed E-state index contributed by atoms with van der Waals surface area (Å²) in [7, 11) is 3.93. The zero-order valence-electron chi connectivity index (χ0n) is 11.6. The molecule has 0 bridgehead atoms. The molecule has 2 aromatic rings. The van der Waals surface area contributed by atoms with Crippen LogP contribution in [0.15, 0.2) is 30.3 Å². The summed E-state index contributed by atoms with van der Waals surface area (Å²) in [5, 5.41) is 12.0. The third-order valence-corrected chi connectivity index (χ3v) is 2.71. The number of nitrogens with one attached hydrogen (secondary N) is 1. The first-order valence-corrected chi connectivity index (χ1v) is 6.09. The second kappa shape index (κ2) is 5.56. The van der Waals surface area contributed by atoms with E-state index in [9.17, 15) is 4.79 Å². The Bertz CT molecular complexity index is 624. The van der Waals surface area contributed by atoms with Crippen molar-refractivity contribution in [2.75, 3.05) is 24.3 Å². The molecule has 1 aromatic carbocycles. The Morgan fingerprint density at radius 3 is 2.40 bits per heavy atom. The summed E-state index contributed by atoms with van der Waals surface area (Å²) in [6, 6.07) is 9.12. The maximum absolute atomic E-state index is 11.0. The molecule has 0 fully saturated rings. The summed E-state index contributed by atoms with van der Waals surface area (Å²) >= 11 is 0. The first-order valence-electron chi connectivity index (χ1n) is 6.09. The lowest BCUT2D eigenvalue weighted by Gasteiger charge is -2.13. The van der Waals surface area contributed by atoms with Crippen molar-refractivity contribution >= 4 is 23.3 Å². The summed E-state index contributed by atoms with van der Waals surface area (Å²) in [6.45, 7) is 1.73. The number of rotatable bonds is 4. The molecule has 20 heavy (non-hydrogen) atoms. The van der Waals surface area contributed by atoms with Gasteiger partial charge in [0.15, 0.2) is 5.69 Å². The predicted molar refractivity (Wildman–Crippen MR) is 77.8 cm³/mol. The third-order valence-electron chi connectivity index (χ3n) is 2.71. The molecule has 2 N–H and O–H groups in total. The summed E-state index contributed by atoms with van der Waals surface area (Å²) in [5.41, 5.74) is 2.46. The molecule has 0 spiro atoms. The van der Waals surface area contributed by atoms with Gasteiger partial charge in [0.1, 0.15) is 0 Å². The molecule has 0 atom stereocenters. The second-order valence-electron chi connectivity index (χ2n) is 4.59. The van der Waals surface area contributed by atoms with E-state index in [1.165, 1.54) is 6.07 Å². The Kier molecular flexibility index (Phi) is 3.84. The lowest BCUT2D eigenvalue weighted by Crippen LogP contribution is -2.08. The van der Waals surface area contributed by atoms with Gasteiger partial charge in [0.25, 0.3) is 0 Å². The number of aromatic nitrogens is 2. The van der Waals surface area contributed by atoms with Crippen LogP contribution in [0.2, 0.25) is 0 Å². The average Bonchev–Trinajstić information content (AvgIpc) is 2.38. The molecular weight excluding hydrogens is 256 g/mol. The summed E-state index contributed by atoms with van der Waals surface area (Å²) in [6.07, 6.45) is 0. The van der Waals surface area contributed by atoms with E-state index in [2.05, 4.69) is 15.3 Å². The summed E-state index contributed by atoms with van der Waals surface area (Å²) < 4.78 is 0. The van der Waals surface area contributed by atoms with E-state index in [4.69, 9.17) is 5.11 Å². The van der Waals surface area contributed by atoms with E-state index in [-0.39, 0.29) is 11.6 Å². The number of hydrogen-bond donors (Lipinski definition) is 2. The van der Waals surface area contributed by atoms with Gasteiger partial charge in [0.05, 0.1) is 0 Å². The molecule has 0 aliphatic heterocycles. The highest BCUT2D eigenvalue weighted by Crippen LogP contribution is 2.18. The van der Waals surface area contributed by atoms with Crippen LogP contribution in [0.5, 0.6) is 0 Å². The van der Waals surface area contributed by atoms with Crippen LogP contribution < -0.4 is 10.2 Å². The van der Waals surface area contributed by atoms with Crippen LogP contribution in [-0.4, -0.2) is 35.1 Å². The highest BCUT2D eigenvalue weighted by atomic mass is 16.4. The van der Waals surface area contributed by atoms with Crippen LogP contribution in [0.25, 0.3) is 0 Å². The van der Waals surface area contributed by atoms with Crippen molar-refractivity contribution < 1.29 is 9.90 Å². The Hall–Kier alpha value is -2.63. The zero-order valence-corrected chi connectivity index (χ0v) is 11.6. The predicted octanol–water partition coefficient (Wildman–Crippen LogP) is 2.29. The van der Waals surface area contributed by atoms with E-state index >= 15 is 0 Å². The number of carbonyl (C=O) groups is 1. The summed E-state index contributed by atoms with van der Waals surface area (Å²) in [5.74, 6) is -0.790. The van der Waals surface area contributed by atoms with Crippen molar-refractivity contribution in [2.24, 2.45) is 0 Å². The van der Waals surface area contributed by atoms with Crippen molar-refractivity contribution in [3.63, 3.8) is 0 Å². The van der Waals surface area contributed by atoms with Crippen LogP contribution in [-0.2, 0) is 0 Å². The number of hydrogen-bond acceptors (Lipinski definition) is 5. The molecule has 0 saturated heterocycles. The number of carboxylic acids is 1. The molecule has 6 heteroatoms. The van der Waals surface area contributed by atoms with Crippen molar-refractivity contribution in [2.45, 2.75) is 6.92 Å². The second-order valence-corrected chi connectivity index (χ2v) is 4.59. The molecule has 0 aliphatic rings. The van der Waals surface area contributed by atoms with Gasteiger partial charge in [-0.2, -0.15) is 0 Å². The fourth-order valence-corrected chi connectivity index (χ4v) is 1.71. The number of nitrogens with zero attached hydrogens (tertiary/aromatic N) is 3. The van der Waals surface area contributed by atoms with Gasteiger partial charge < -0.3 is 15.3 Å². The van der Waals surface area contributed by atoms with Gasteiger partial charge in [-0.1, -0.05) is 0 Å². The van der Waals surface area contributed by atoms with Gasteiger partial charge in [0, 0.05) is 31.2 Å². The van der Waals surface area contributed by atoms with E-state index in [0.717, 1.165) is 11.4 Å². The van der Waals surface area contributed by atoms with Crippen LogP contribution >= 0.6 is 0 Å². The lowest BCUT2D eigenvalue weighted by atomic mass is 10.2. The van der Waals surface area contributed by atoms with Crippen molar-refractivity contribution in [3.8, 4) is 0 Å². The molecule has 0 amide bonds. The maximum Gasteiger partial charge on any atom is 0.354 e. The highest BCUT2D eigenvalue weighted by Gasteiger charge is 2.08. The number of benzene rings is 1. The normalized spacial score (nSPS) is 10.2. The zero-order chi connectivity index (χ0) is 14.7. The monoisotopic (exact) mass is 272 g/mol. The Morgan fingerprint density at radius 2 is 1.85 bits per heavy atom. The Labute approximate surface area is 117 Å². The minimum atomic E-state index is -1.07. The molecule has 0 aliphatic carbocycles. The topological polar surface area (TPSA) is 78.3 Å². The number of carboxylic acid groups (broad SMARTS) is 1. The number of anilines is 3. The Balaban J connectivity index is 2.23. The van der Waals surface area contributed by atoms with E-state index in [1.807, 2.05) is 43.3 Å². The first kappa shape index (κ1) is 13.8. The first-order chi connectivity index (χ1) is 9.45. The van der Waals surface area contributed by atoms with Gasteiger partial charge in [-0.25, -0.2) is 14.8 Å². The minimum absolute atomic E-state index is 0.0232. The molecular formula is C14H16N4O2. The van der Waals surface area contributed by atoms with Gasteiger partial charge >= 0.3 is 5.97 Å². The van der Waals surface area contributed by atoms with Crippen LogP contribution in [0.1, 0.15) is 16.2 Å². The lowest BCUT2D eigenvalue weighted by molar-refractivity contribution is 0.0690. The quantitative estimate of drug-likeness (QED) is 0.889. The molecule has 1 heterocycles. The average molecular weight is 272 g/mol. The summed E-state index contributed by atoms with van der Waals surface area (Å²) in [4.78, 5) is 21.1. The van der Waals surface area contributed by atoms with Crippen LogP contribution in [0.4, 0.5) is 17.3 Å². The van der Waals surface area contributed by atoms with Crippen molar-refractivity contribution in [1.29, 1.82) is 0 Å². The molecule has 0 radical (unpaired) electrons. The smallest absolute Gasteiger partial charge is 0.354 e. The minimum Gasteiger partial charge on any atom is -0.477 e. The van der Waals surface area contributed by atoms with Crippen LogP contribution in [0.3, 0.4) is 0 Å². The fraction of sp³-hybridized carbons (Fsp3) is 0.214. The molecule has 104 valence electrons. The molecule has 1 aromatic heterocycles. The highest BCUT2D eigenvalue weighted by molar-refractivity contribution is 5.85. The van der Waals surface area contributed by atoms with Gasteiger partial charge in [-0.05, 0) is 37.3 Å². The van der Waals surface area contributed by atoms with E-state index in [0.29, 0.717) is 5.69 Å². The fourth-order valence-electron chi connectivity index (χ4n) is 1.71. The van der Waals surface area contributed by atoms with Gasteiger partial charge in [0.2, 0.25) is 5.95 Å². The standard InChI is InChI=1S/C14H16N4O2/c1-9-8-12(13(19)20)17-14(15-9)16-10-4-6-11(7-5-10)18(2)3/h4-8H,1-3H3,(H,19,20)(H,15,16,17). The number of aryl methyl sites for hydroxylation is 1. The molecule has 2 rings (SSSR count). The van der Waals surface area contributed by atoms with Gasteiger partial charge in [-0.3, -0.25) is 0 Å². The van der Waals surface area contributed by atoms with E-state index < -0.39 is 5.97 Å². The van der Waals surface area contributed by atoms with E-state index in [1.54, 1.807) is 6.92 Å². The SMILES string of the molecule is Cc1cc(C(=O)O)nc(Nc2ccc(N(C)C)cc2)n1. The third kappa shape index (κ3) is 3.23. The van der Waals surface area contributed by atoms with Gasteiger partial charge in [-0.15, -0.1) is 0 Å². The maximum atomic E-state index is 11.0. The van der Waals surface area contributed by atoms with Crippen molar-refractivity contribution in [3.05, 3.63) is 41.7 Å². The largest absolute Gasteiger partial charge is 0.477 e. The molecule has 0 saturated carbocycles.